The molecule has 0 spiro atoms. The molecular formula is C20H35IN4. The standard InChI is InChI=1S/C20H34N4.HI/c1-5-21-20(23-15-18-7-10-24(4)11-8-18)22-9-6-19-13-16(2)12-17(3)14-19;/h12-14,18H,5-11,15H2,1-4H3,(H2,21,22,23);1H. The van der Waals surface area contributed by atoms with Gasteiger partial charge >= 0.3 is 0 Å². The van der Waals surface area contributed by atoms with E-state index in [0.717, 1.165) is 37.9 Å². The lowest BCUT2D eigenvalue weighted by atomic mass is 9.97. The minimum atomic E-state index is 0. The van der Waals surface area contributed by atoms with Gasteiger partial charge in [-0.15, -0.1) is 24.0 Å². The summed E-state index contributed by atoms with van der Waals surface area (Å²) in [6.45, 7) is 11.6. The summed E-state index contributed by atoms with van der Waals surface area (Å²) in [5.41, 5.74) is 4.08. The first-order chi connectivity index (χ1) is 11.6. The molecule has 0 saturated carbocycles. The second-order valence-corrected chi connectivity index (χ2v) is 7.14. The summed E-state index contributed by atoms with van der Waals surface area (Å²) in [6, 6.07) is 6.78. The minimum absolute atomic E-state index is 0. The topological polar surface area (TPSA) is 39.7 Å². The molecule has 1 aromatic rings. The Balaban J connectivity index is 0.00000312. The molecule has 0 aliphatic carbocycles. The van der Waals surface area contributed by atoms with Crippen LogP contribution in [-0.2, 0) is 6.42 Å². The van der Waals surface area contributed by atoms with Gasteiger partial charge in [0.1, 0.15) is 0 Å². The van der Waals surface area contributed by atoms with Crippen LogP contribution in [0.3, 0.4) is 0 Å². The van der Waals surface area contributed by atoms with Gasteiger partial charge in [0.25, 0.3) is 0 Å². The number of piperidine rings is 1. The molecule has 1 saturated heterocycles. The number of rotatable bonds is 6. The van der Waals surface area contributed by atoms with Crippen molar-refractivity contribution in [3.63, 3.8) is 0 Å². The molecule has 142 valence electrons. The van der Waals surface area contributed by atoms with Crippen molar-refractivity contribution < 1.29 is 0 Å². The van der Waals surface area contributed by atoms with Crippen LogP contribution in [0.15, 0.2) is 23.2 Å². The lowest BCUT2D eigenvalue weighted by Gasteiger charge is -2.28. The summed E-state index contributed by atoms with van der Waals surface area (Å²) >= 11 is 0. The maximum atomic E-state index is 4.80. The van der Waals surface area contributed by atoms with Crippen LogP contribution in [0.2, 0.25) is 0 Å². The van der Waals surface area contributed by atoms with E-state index in [0.29, 0.717) is 0 Å². The molecule has 2 rings (SSSR count). The van der Waals surface area contributed by atoms with Gasteiger partial charge < -0.3 is 15.5 Å². The van der Waals surface area contributed by atoms with E-state index < -0.39 is 0 Å². The second kappa shape index (κ2) is 11.7. The van der Waals surface area contributed by atoms with Crippen molar-refractivity contribution in [3.8, 4) is 0 Å². The number of guanidine groups is 1. The zero-order valence-electron chi connectivity index (χ0n) is 16.3. The van der Waals surface area contributed by atoms with Crippen LogP contribution < -0.4 is 10.6 Å². The Morgan fingerprint density at radius 3 is 2.36 bits per heavy atom. The first-order valence-electron chi connectivity index (χ1n) is 9.34. The second-order valence-electron chi connectivity index (χ2n) is 7.14. The first-order valence-corrected chi connectivity index (χ1v) is 9.34. The van der Waals surface area contributed by atoms with Crippen molar-refractivity contribution in [2.24, 2.45) is 10.9 Å². The molecule has 1 heterocycles. The molecule has 0 aromatic heterocycles. The molecular weight excluding hydrogens is 423 g/mol. The van der Waals surface area contributed by atoms with Crippen molar-refractivity contribution in [3.05, 3.63) is 34.9 Å². The smallest absolute Gasteiger partial charge is 0.191 e. The number of aliphatic imine (C=N–C) groups is 1. The van der Waals surface area contributed by atoms with Crippen LogP contribution >= 0.6 is 24.0 Å². The van der Waals surface area contributed by atoms with Gasteiger partial charge in [0.05, 0.1) is 0 Å². The van der Waals surface area contributed by atoms with Crippen molar-refractivity contribution in [2.75, 3.05) is 39.8 Å². The van der Waals surface area contributed by atoms with Crippen molar-refractivity contribution in [1.29, 1.82) is 0 Å². The van der Waals surface area contributed by atoms with Crippen molar-refractivity contribution >= 4 is 29.9 Å². The largest absolute Gasteiger partial charge is 0.357 e. The molecule has 0 amide bonds. The zero-order chi connectivity index (χ0) is 17.4. The third-order valence-electron chi connectivity index (χ3n) is 4.68. The lowest BCUT2D eigenvalue weighted by Crippen LogP contribution is -2.39. The van der Waals surface area contributed by atoms with Gasteiger partial charge in [-0.05, 0) is 71.7 Å². The van der Waals surface area contributed by atoms with E-state index >= 15 is 0 Å². The van der Waals surface area contributed by atoms with Gasteiger partial charge in [-0.25, -0.2) is 0 Å². The van der Waals surface area contributed by atoms with E-state index in [4.69, 9.17) is 4.99 Å². The molecule has 1 aromatic carbocycles. The number of nitrogens with one attached hydrogen (secondary N) is 2. The predicted octanol–water partition coefficient (Wildman–Crippen LogP) is 3.36. The van der Waals surface area contributed by atoms with E-state index in [9.17, 15) is 0 Å². The average Bonchev–Trinajstić information content (AvgIpc) is 2.53. The number of benzene rings is 1. The Morgan fingerprint density at radius 1 is 1.12 bits per heavy atom. The summed E-state index contributed by atoms with van der Waals surface area (Å²) in [6.07, 6.45) is 3.56. The predicted molar refractivity (Wildman–Crippen MR) is 119 cm³/mol. The van der Waals surface area contributed by atoms with Crippen LogP contribution in [0.5, 0.6) is 0 Å². The fourth-order valence-electron chi connectivity index (χ4n) is 3.35. The highest BCUT2D eigenvalue weighted by Crippen LogP contribution is 2.15. The summed E-state index contributed by atoms with van der Waals surface area (Å²) in [5, 5.41) is 6.85. The summed E-state index contributed by atoms with van der Waals surface area (Å²) < 4.78 is 0. The number of likely N-dealkylation sites (tertiary alicyclic amines) is 1. The molecule has 1 aliphatic heterocycles. The lowest BCUT2D eigenvalue weighted by molar-refractivity contribution is 0.223. The van der Waals surface area contributed by atoms with E-state index in [1.165, 1.54) is 42.6 Å². The number of hydrogen-bond donors (Lipinski definition) is 2. The van der Waals surface area contributed by atoms with Crippen LogP contribution in [0.4, 0.5) is 0 Å². The molecule has 0 unspecified atom stereocenters. The third kappa shape index (κ3) is 8.40. The van der Waals surface area contributed by atoms with Gasteiger partial charge in [-0.1, -0.05) is 29.3 Å². The molecule has 4 nitrogen and oxygen atoms in total. The van der Waals surface area contributed by atoms with E-state index in [-0.39, 0.29) is 24.0 Å². The van der Waals surface area contributed by atoms with Crippen molar-refractivity contribution in [2.45, 2.75) is 40.0 Å². The van der Waals surface area contributed by atoms with Gasteiger partial charge in [0.15, 0.2) is 5.96 Å². The zero-order valence-corrected chi connectivity index (χ0v) is 18.6. The Bertz CT molecular complexity index is 516. The number of hydrogen-bond acceptors (Lipinski definition) is 2. The van der Waals surface area contributed by atoms with Crippen LogP contribution in [0.25, 0.3) is 0 Å². The Labute approximate surface area is 170 Å². The monoisotopic (exact) mass is 458 g/mol. The quantitative estimate of drug-likeness (QED) is 0.390. The fourth-order valence-corrected chi connectivity index (χ4v) is 3.35. The highest BCUT2D eigenvalue weighted by molar-refractivity contribution is 14.0. The van der Waals surface area contributed by atoms with Crippen molar-refractivity contribution in [1.82, 2.24) is 15.5 Å². The van der Waals surface area contributed by atoms with E-state index in [1.54, 1.807) is 0 Å². The van der Waals surface area contributed by atoms with E-state index in [2.05, 4.69) is 61.6 Å². The van der Waals surface area contributed by atoms with Gasteiger partial charge in [-0.3, -0.25) is 4.99 Å². The molecule has 0 radical (unpaired) electrons. The van der Waals surface area contributed by atoms with Crippen LogP contribution in [0.1, 0.15) is 36.5 Å². The highest BCUT2D eigenvalue weighted by atomic mass is 127. The minimum Gasteiger partial charge on any atom is -0.357 e. The average molecular weight is 458 g/mol. The highest BCUT2D eigenvalue weighted by Gasteiger charge is 2.16. The van der Waals surface area contributed by atoms with Crippen LogP contribution in [-0.4, -0.2) is 50.6 Å². The molecule has 25 heavy (non-hydrogen) atoms. The fraction of sp³-hybridized carbons (Fsp3) is 0.650. The first kappa shape index (κ1) is 22.2. The summed E-state index contributed by atoms with van der Waals surface area (Å²) in [7, 11) is 2.21. The molecule has 2 N–H and O–H groups in total. The van der Waals surface area contributed by atoms with E-state index in [1.807, 2.05) is 0 Å². The Kier molecular flexibility index (Phi) is 10.4. The summed E-state index contributed by atoms with van der Waals surface area (Å²) in [4.78, 5) is 7.21. The number of nitrogens with zero attached hydrogens (tertiary/aromatic N) is 2. The SMILES string of the molecule is CCNC(=NCC1CCN(C)CC1)NCCc1cc(C)cc(C)c1.I. The molecule has 0 bridgehead atoms. The maximum absolute atomic E-state index is 4.80. The molecule has 0 atom stereocenters. The number of halogens is 1. The summed E-state index contributed by atoms with van der Waals surface area (Å²) in [5.74, 6) is 1.69. The Morgan fingerprint density at radius 2 is 1.76 bits per heavy atom. The third-order valence-corrected chi connectivity index (χ3v) is 4.68. The van der Waals surface area contributed by atoms with Gasteiger partial charge in [0, 0.05) is 19.6 Å². The van der Waals surface area contributed by atoms with Gasteiger partial charge in [0.2, 0.25) is 0 Å². The van der Waals surface area contributed by atoms with Gasteiger partial charge in [-0.2, -0.15) is 0 Å². The maximum Gasteiger partial charge on any atom is 0.191 e. The normalized spacial score (nSPS) is 16.4. The molecule has 5 heteroatoms. The Hall–Kier alpha value is -0.820. The number of aryl methyl sites for hydroxylation is 2. The molecule has 1 aliphatic rings. The molecule has 1 fully saturated rings. The van der Waals surface area contributed by atoms with Crippen LogP contribution in [0, 0.1) is 19.8 Å².